The first-order valence-corrected chi connectivity index (χ1v) is 8.14. The molecule has 0 amide bonds. The average Bonchev–Trinajstić information content (AvgIpc) is 2.57. The lowest BCUT2D eigenvalue weighted by Gasteiger charge is -2.34. The topological polar surface area (TPSA) is 82.8 Å². The van der Waals surface area contributed by atoms with E-state index < -0.39 is 23.7 Å². The van der Waals surface area contributed by atoms with Crippen LogP contribution in [0.4, 0.5) is 4.39 Å². The molecule has 0 radical (unpaired) electrons. The van der Waals surface area contributed by atoms with Gasteiger partial charge in [0.1, 0.15) is 23.8 Å². The van der Waals surface area contributed by atoms with E-state index in [0.29, 0.717) is 11.4 Å². The number of pyridine rings is 1. The number of aromatic nitrogens is 1. The van der Waals surface area contributed by atoms with Gasteiger partial charge >= 0.3 is 0 Å². The molecule has 0 spiro atoms. The summed E-state index contributed by atoms with van der Waals surface area (Å²) in [5.74, 6) is 0.415. The fourth-order valence-corrected chi connectivity index (χ4v) is 3.38. The molecule has 0 saturated carbocycles. The van der Waals surface area contributed by atoms with E-state index in [1.165, 1.54) is 30.1 Å². The Balaban J connectivity index is 1.69. The van der Waals surface area contributed by atoms with E-state index in [1.807, 2.05) is 0 Å². The number of aliphatic hydroxyl groups excluding tert-OH is 3. The molecule has 3 N–H and O–H groups in total. The minimum Gasteiger partial charge on any atom is -0.475 e. The number of benzene rings is 1. The molecular formula is C16H16FNO4S. The van der Waals surface area contributed by atoms with Gasteiger partial charge in [-0.25, -0.2) is 4.39 Å². The molecule has 2 aromatic rings. The van der Waals surface area contributed by atoms with Crippen LogP contribution >= 0.6 is 11.8 Å². The van der Waals surface area contributed by atoms with E-state index in [4.69, 9.17) is 4.74 Å². The first-order chi connectivity index (χ1) is 11.0. The maximum atomic E-state index is 12.9. The fraction of sp³-hybridized carbons (Fsp3) is 0.312. The van der Waals surface area contributed by atoms with Crippen molar-refractivity contribution in [2.75, 3.05) is 5.75 Å². The molecule has 3 rings (SSSR count). The van der Waals surface area contributed by atoms with Crippen molar-refractivity contribution in [3.05, 3.63) is 48.4 Å². The van der Waals surface area contributed by atoms with Gasteiger partial charge in [0.05, 0.1) is 18.0 Å². The SMILES string of the molecule is O[C@@H]1[C@@H](O)[C@@H](Oc2ccc(-c3ccc(F)cc3)nc2)SC[C@H]1O. The van der Waals surface area contributed by atoms with Crippen LogP contribution in [0, 0.1) is 5.82 Å². The molecule has 0 bridgehead atoms. The van der Waals surface area contributed by atoms with E-state index >= 15 is 0 Å². The number of hydrogen-bond acceptors (Lipinski definition) is 6. The normalized spacial score (nSPS) is 27.7. The highest BCUT2D eigenvalue weighted by atomic mass is 32.2. The van der Waals surface area contributed by atoms with Crippen LogP contribution in [0.15, 0.2) is 42.6 Å². The van der Waals surface area contributed by atoms with Crippen LogP contribution in [-0.4, -0.2) is 49.8 Å². The van der Waals surface area contributed by atoms with Gasteiger partial charge in [-0.1, -0.05) is 0 Å². The zero-order valence-electron chi connectivity index (χ0n) is 12.0. The van der Waals surface area contributed by atoms with E-state index in [0.717, 1.165) is 5.56 Å². The van der Waals surface area contributed by atoms with Crippen LogP contribution in [0.3, 0.4) is 0 Å². The molecule has 0 aliphatic carbocycles. The maximum absolute atomic E-state index is 12.9. The second-order valence-corrected chi connectivity index (χ2v) is 6.39. The van der Waals surface area contributed by atoms with Crippen LogP contribution < -0.4 is 4.74 Å². The second-order valence-electron chi connectivity index (χ2n) is 5.25. The Labute approximate surface area is 136 Å². The van der Waals surface area contributed by atoms with E-state index in [9.17, 15) is 19.7 Å². The van der Waals surface area contributed by atoms with Crippen LogP contribution in [0.1, 0.15) is 0 Å². The van der Waals surface area contributed by atoms with Gasteiger partial charge in [-0.3, -0.25) is 4.98 Å². The molecule has 1 aromatic carbocycles. The third kappa shape index (κ3) is 3.64. The highest BCUT2D eigenvalue weighted by Gasteiger charge is 2.38. The Morgan fingerprint density at radius 3 is 2.43 bits per heavy atom. The number of rotatable bonds is 3. The van der Waals surface area contributed by atoms with Crippen molar-refractivity contribution in [3.8, 4) is 17.0 Å². The van der Waals surface area contributed by atoms with Gasteiger partial charge in [0.15, 0.2) is 5.44 Å². The summed E-state index contributed by atoms with van der Waals surface area (Å²) in [6.45, 7) is 0. The lowest BCUT2D eigenvalue weighted by atomic mass is 10.1. The molecule has 5 nitrogen and oxygen atoms in total. The number of halogens is 1. The van der Waals surface area contributed by atoms with Gasteiger partial charge in [0.25, 0.3) is 0 Å². The van der Waals surface area contributed by atoms with Crippen molar-refractivity contribution in [1.29, 1.82) is 0 Å². The lowest BCUT2D eigenvalue weighted by Crippen LogP contribution is -2.50. The molecule has 2 heterocycles. The number of nitrogens with zero attached hydrogens (tertiary/aromatic N) is 1. The van der Waals surface area contributed by atoms with E-state index in [1.54, 1.807) is 24.3 Å². The maximum Gasteiger partial charge on any atom is 0.173 e. The van der Waals surface area contributed by atoms with Crippen molar-refractivity contribution >= 4 is 11.8 Å². The molecule has 23 heavy (non-hydrogen) atoms. The monoisotopic (exact) mass is 337 g/mol. The molecule has 1 aromatic heterocycles. The van der Waals surface area contributed by atoms with Crippen LogP contribution in [0.25, 0.3) is 11.3 Å². The molecule has 1 aliphatic rings. The number of hydrogen-bond donors (Lipinski definition) is 3. The summed E-state index contributed by atoms with van der Waals surface area (Å²) in [6, 6.07) is 9.42. The van der Waals surface area contributed by atoms with Gasteiger partial charge in [-0.2, -0.15) is 0 Å². The minimum atomic E-state index is -1.23. The number of thioether (sulfide) groups is 1. The Kier molecular flexibility index (Phi) is 4.82. The Hall–Kier alpha value is -1.67. The van der Waals surface area contributed by atoms with Crippen molar-refractivity contribution < 1.29 is 24.4 Å². The summed E-state index contributed by atoms with van der Waals surface area (Å²) in [4.78, 5) is 4.25. The second kappa shape index (κ2) is 6.84. The van der Waals surface area contributed by atoms with Gasteiger partial charge in [0, 0.05) is 11.3 Å². The predicted molar refractivity (Wildman–Crippen MR) is 84.5 cm³/mol. The zero-order valence-corrected chi connectivity index (χ0v) is 12.9. The van der Waals surface area contributed by atoms with E-state index in [-0.39, 0.29) is 11.6 Å². The standard InChI is InChI=1S/C16H16FNO4S/c17-10-3-1-9(2-4-10)12-6-5-11(7-18-12)22-16-15(21)14(20)13(19)8-23-16/h1-7,13-16,19-21H,8H2/t13-,14+,15-,16+/m1/s1. The third-order valence-electron chi connectivity index (χ3n) is 3.58. The van der Waals surface area contributed by atoms with Gasteiger partial charge in [-0.15, -0.1) is 11.8 Å². The third-order valence-corrected chi connectivity index (χ3v) is 4.82. The van der Waals surface area contributed by atoms with Crippen molar-refractivity contribution in [1.82, 2.24) is 4.98 Å². The molecule has 1 aliphatic heterocycles. The Morgan fingerprint density at radius 2 is 1.78 bits per heavy atom. The highest BCUT2D eigenvalue weighted by Crippen LogP contribution is 2.29. The average molecular weight is 337 g/mol. The molecule has 0 unspecified atom stereocenters. The smallest absolute Gasteiger partial charge is 0.173 e. The molecule has 4 atom stereocenters. The summed E-state index contributed by atoms with van der Waals surface area (Å²) in [7, 11) is 0. The summed E-state index contributed by atoms with van der Waals surface area (Å²) in [5.41, 5.74) is 0.778. The molecular weight excluding hydrogens is 321 g/mol. The van der Waals surface area contributed by atoms with Crippen molar-refractivity contribution in [2.24, 2.45) is 0 Å². The lowest BCUT2D eigenvalue weighted by molar-refractivity contribution is -0.0786. The predicted octanol–water partition coefficient (Wildman–Crippen LogP) is 1.42. The van der Waals surface area contributed by atoms with Crippen molar-refractivity contribution in [3.63, 3.8) is 0 Å². The zero-order chi connectivity index (χ0) is 16.4. The largest absolute Gasteiger partial charge is 0.475 e. The minimum absolute atomic E-state index is 0.282. The molecule has 122 valence electrons. The van der Waals surface area contributed by atoms with Gasteiger partial charge in [0.2, 0.25) is 0 Å². The van der Waals surface area contributed by atoms with Gasteiger partial charge < -0.3 is 20.1 Å². The van der Waals surface area contributed by atoms with Crippen LogP contribution in [-0.2, 0) is 0 Å². The quantitative estimate of drug-likeness (QED) is 0.786. The molecule has 7 heteroatoms. The first-order valence-electron chi connectivity index (χ1n) is 7.09. The summed E-state index contributed by atoms with van der Waals surface area (Å²) < 4.78 is 18.5. The summed E-state index contributed by atoms with van der Waals surface area (Å²) in [6.07, 6.45) is -1.87. The fourth-order valence-electron chi connectivity index (χ4n) is 2.26. The molecule has 1 saturated heterocycles. The van der Waals surface area contributed by atoms with Gasteiger partial charge in [-0.05, 0) is 36.4 Å². The summed E-state index contributed by atoms with van der Waals surface area (Å²) in [5, 5.41) is 29.1. The van der Waals surface area contributed by atoms with Crippen molar-refractivity contribution in [2.45, 2.75) is 23.7 Å². The summed E-state index contributed by atoms with van der Waals surface area (Å²) >= 11 is 1.23. The first kappa shape index (κ1) is 16.2. The highest BCUT2D eigenvalue weighted by molar-refractivity contribution is 7.99. The van der Waals surface area contributed by atoms with Crippen LogP contribution in [0.2, 0.25) is 0 Å². The Morgan fingerprint density at radius 1 is 1.04 bits per heavy atom. The van der Waals surface area contributed by atoms with Crippen LogP contribution in [0.5, 0.6) is 5.75 Å². The number of aliphatic hydroxyl groups is 3. The molecule has 1 fully saturated rings. The van der Waals surface area contributed by atoms with E-state index in [2.05, 4.69) is 4.98 Å². The Bertz CT molecular complexity index is 652. The number of ether oxygens (including phenoxy) is 1.